The number of nitrogens with zero attached hydrogens (tertiary/aromatic N) is 2. The zero-order chi connectivity index (χ0) is 10.9. The normalized spacial score (nSPS) is 32.4. The molecule has 15 heavy (non-hydrogen) atoms. The Bertz CT molecular complexity index is 261. The van der Waals surface area contributed by atoms with Crippen LogP contribution >= 0.6 is 0 Å². The van der Waals surface area contributed by atoms with E-state index in [1.54, 1.807) is 7.11 Å². The third kappa shape index (κ3) is 1.83. The molecule has 2 aliphatic rings. The van der Waals surface area contributed by atoms with Crippen LogP contribution in [0.3, 0.4) is 0 Å². The number of aliphatic imine (C=N–C) groups is 1. The zero-order valence-electron chi connectivity index (χ0n) is 9.70. The van der Waals surface area contributed by atoms with Gasteiger partial charge >= 0.3 is 0 Å². The summed E-state index contributed by atoms with van der Waals surface area (Å²) < 4.78 is 5.30. The average molecular weight is 211 g/mol. The Morgan fingerprint density at radius 3 is 2.80 bits per heavy atom. The van der Waals surface area contributed by atoms with Crippen molar-refractivity contribution >= 4 is 5.96 Å². The Balaban J connectivity index is 2.13. The Kier molecular flexibility index (Phi) is 2.87. The van der Waals surface area contributed by atoms with E-state index in [0.29, 0.717) is 18.6 Å². The van der Waals surface area contributed by atoms with Gasteiger partial charge in [-0.25, -0.2) is 0 Å². The molecule has 86 valence electrons. The lowest BCUT2D eigenvalue weighted by Gasteiger charge is -2.39. The standard InChI is InChI=1S/C11H21N3O/c1-11(8-15-2)7-13-10(12)14(11)9-5-3-4-6-9/h9H,3-8H2,1-2H3,(H2,12,13). The van der Waals surface area contributed by atoms with Gasteiger partial charge < -0.3 is 15.4 Å². The van der Waals surface area contributed by atoms with Gasteiger partial charge in [0, 0.05) is 13.2 Å². The number of rotatable bonds is 3. The summed E-state index contributed by atoms with van der Waals surface area (Å²) in [6.07, 6.45) is 5.13. The maximum Gasteiger partial charge on any atom is 0.192 e. The first kappa shape index (κ1) is 10.7. The van der Waals surface area contributed by atoms with Crippen LogP contribution in [0.25, 0.3) is 0 Å². The third-order valence-corrected chi connectivity index (χ3v) is 3.56. The number of hydrogen-bond donors (Lipinski definition) is 1. The molecule has 0 radical (unpaired) electrons. The molecule has 1 aliphatic heterocycles. The molecule has 0 bridgehead atoms. The minimum Gasteiger partial charge on any atom is -0.382 e. The fourth-order valence-electron chi connectivity index (χ4n) is 2.90. The largest absolute Gasteiger partial charge is 0.382 e. The van der Waals surface area contributed by atoms with Gasteiger partial charge in [-0.2, -0.15) is 0 Å². The van der Waals surface area contributed by atoms with Gasteiger partial charge in [0.1, 0.15) is 0 Å². The van der Waals surface area contributed by atoms with Gasteiger partial charge in [-0.1, -0.05) is 12.8 Å². The summed E-state index contributed by atoms with van der Waals surface area (Å²) >= 11 is 0. The van der Waals surface area contributed by atoms with Crippen molar-refractivity contribution in [2.45, 2.75) is 44.2 Å². The number of methoxy groups -OCH3 is 1. The van der Waals surface area contributed by atoms with Gasteiger partial charge in [0.15, 0.2) is 5.96 Å². The summed E-state index contributed by atoms with van der Waals surface area (Å²) in [6.45, 7) is 3.66. The van der Waals surface area contributed by atoms with E-state index in [1.807, 2.05) is 0 Å². The molecule has 1 fully saturated rings. The highest BCUT2D eigenvalue weighted by Crippen LogP contribution is 2.32. The van der Waals surface area contributed by atoms with Crippen LogP contribution < -0.4 is 5.73 Å². The molecule has 2 rings (SSSR count). The van der Waals surface area contributed by atoms with Gasteiger partial charge in [-0.15, -0.1) is 0 Å². The van der Waals surface area contributed by atoms with E-state index < -0.39 is 0 Å². The van der Waals surface area contributed by atoms with E-state index in [1.165, 1.54) is 25.7 Å². The van der Waals surface area contributed by atoms with Crippen molar-refractivity contribution in [3.8, 4) is 0 Å². The third-order valence-electron chi connectivity index (χ3n) is 3.56. The van der Waals surface area contributed by atoms with Crippen molar-refractivity contribution in [1.29, 1.82) is 0 Å². The van der Waals surface area contributed by atoms with Crippen LogP contribution in [0.5, 0.6) is 0 Å². The molecule has 4 nitrogen and oxygen atoms in total. The summed E-state index contributed by atoms with van der Waals surface area (Å²) in [6, 6.07) is 0.580. The highest BCUT2D eigenvalue weighted by molar-refractivity contribution is 5.81. The van der Waals surface area contributed by atoms with Gasteiger partial charge in [-0.3, -0.25) is 4.99 Å². The smallest absolute Gasteiger partial charge is 0.192 e. The van der Waals surface area contributed by atoms with Crippen LogP contribution in [0, 0.1) is 0 Å². The second-order valence-corrected chi connectivity index (χ2v) is 4.91. The maximum absolute atomic E-state index is 5.99. The quantitative estimate of drug-likeness (QED) is 0.756. The molecule has 1 aliphatic carbocycles. The first-order valence-electron chi connectivity index (χ1n) is 5.75. The van der Waals surface area contributed by atoms with Crippen LogP contribution in [0.1, 0.15) is 32.6 Å². The molecule has 0 aromatic heterocycles. The summed E-state index contributed by atoms with van der Waals surface area (Å²) in [4.78, 5) is 6.67. The monoisotopic (exact) mass is 211 g/mol. The summed E-state index contributed by atoms with van der Waals surface area (Å²) in [5, 5.41) is 0. The molecule has 0 aromatic carbocycles. The van der Waals surface area contributed by atoms with Gasteiger partial charge in [0.05, 0.1) is 18.7 Å². The van der Waals surface area contributed by atoms with Crippen LogP contribution in [0.2, 0.25) is 0 Å². The van der Waals surface area contributed by atoms with Crippen molar-refractivity contribution in [1.82, 2.24) is 4.90 Å². The first-order chi connectivity index (χ1) is 7.17. The number of hydrogen-bond acceptors (Lipinski definition) is 4. The lowest BCUT2D eigenvalue weighted by atomic mass is 10.00. The van der Waals surface area contributed by atoms with E-state index in [4.69, 9.17) is 10.5 Å². The number of ether oxygens (including phenoxy) is 1. The van der Waals surface area contributed by atoms with Crippen molar-refractivity contribution in [3.63, 3.8) is 0 Å². The van der Waals surface area contributed by atoms with Gasteiger partial charge in [-0.05, 0) is 19.8 Å². The fraction of sp³-hybridized carbons (Fsp3) is 0.909. The molecule has 4 heteroatoms. The zero-order valence-corrected chi connectivity index (χ0v) is 9.70. The van der Waals surface area contributed by atoms with E-state index in [9.17, 15) is 0 Å². The molecular weight excluding hydrogens is 190 g/mol. The molecule has 1 unspecified atom stereocenters. The molecule has 1 heterocycles. The highest BCUT2D eigenvalue weighted by atomic mass is 16.5. The van der Waals surface area contributed by atoms with Crippen molar-refractivity contribution in [3.05, 3.63) is 0 Å². The predicted molar refractivity (Wildman–Crippen MR) is 60.9 cm³/mol. The second-order valence-electron chi connectivity index (χ2n) is 4.91. The molecule has 2 N–H and O–H groups in total. The SMILES string of the molecule is COCC1(C)CN=C(N)N1C1CCCC1. The van der Waals surface area contributed by atoms with E-state index in [-0.39, 0.29) is 5.54 Å². The average Bonchev–Trinajstić information content (AvgIpc) is 2.76. The Hall–Kier alpha value is -0.770. The van der Waals surface area contributed by atoms with Crippen LogP contribution in [0.4, 0.5) is 0 Å². The number of nitrogens with two attached hydrogens (primary N) is 1. The Morgan fingerprint density at radius 1 is 1.53 bits per heavy atom. The number of guanidine groups is 1. The summed E-state index contributed by atoms with van der Waals surface area (Å²) in [7, 11) is 1.74. The van der Waals surface area contributed by atoms with Crippen molar-refractivity contribution in [2.24, 2.45) is 10.7 Å². The maximum atomic E-state index is 5.99. The van der Waals surface area contributed by atoms with Gasteiger partial charge in [0.25, 0.3) is 0 Å². The highest BCUT2D eigenvalue weighted by Gasteiger charge is 2.42. The summed E-state index contributed by atoms with van der Waals surface area (Å²) in [5.74, 6) is 0.710. The lowest BCUT2D eigenvalue weighted by Crippen LogP contribution is -2.56. The van der Waals surface area contributed by atoms with Crippen LogP contribution in [0.15, 0.2) is 4.99 Å². The van der Waals surface area contributed by atoms with Crippen molar-refractivity contribution in [2.75, 3.05) is 20.3 Å². The van der Waals surface area contributed by atoms with Crippen molar-refractivity contribution < 1.29 is 4.74 Å². The molecule has 1 saturated carbocycles. The topological polar surface area (TPSA) is 50.9 Å². The lowest BCUT2D eigenvalue weighted by molar-refractivity contribution is 0.0590. The molecule has 0 amide bonds. The Morgan fingerprint density at radius 2 is 2.20 bits per heavy atom. The molecular formula is C11H21N3O. The minimum absolute atomic E-state index is 0.0200. The minimum atomic E-state index is -0.0200. The Labute approximate surface area is 91.5 Å². The predicted octanol–water partition coefficient (Wildman–Crippen LogP) is 0.964. The second kappa shape index (κ2) is 4.00. The van der Waals surface area contributed by atoms with E-state index in [2.05, 4.69) is 16.8 Å². The molecule has 0 aromatic rings. The van der Waals surface area contributed by atoms with E-state index in [0.717, 1.165) is 6.54 Å². The van der Waals surface area contributed by atoms with E-state index >= 15 is 0 Å². The fourth-order valence-corrected chi connectivity index (χ4v) is 2.90. The first-order valence-corrected chi connectivity index (χ1v) is 5.75. The molecule has 1 atom stereocenters. The molecule has 0 saturated heterocycles. The van der Waals surface area contributed by atoms with Gasteiger partial charge in [0.2, 0.25) is 0 Å². The summed E-state index contributed by atoms with van der Waals surface area (Å²) in [5.41, 5.74) is 5.97. The molecule has 0 spiro atoms. The van der Waals surface area contributed by atoms with Crippen LogP contribution in [-0.4, -0.2) is 42.7 Å². The van der Waals surface area contributed by atoms with Crippen LogP contribution in [-0.2, 0) is 4.74 Å².